The number of nitrogens with one attached hydrogen (secondary N) is 1. The normalized spacial score (nSPS) is 14.0. The van der Waals surface area contributed by atoms with Gasteiger partial charge < -0.3 is 10.1 Å². The molecular formula is C20H18N2O3. The maximum atomic E-state index is 12.8. The lowest BCUT2D eigenvalue weighted by molar-refractivity contribution is -0.136. The number of anilines is 1. The van der Waals surface area contributed by atoms with Crippen molar-refractivity contribution < 1.29 is 14.3 Å². The Balaban J connectivity index is 2.06. The van der Waals surface area contributed by atoms with E-state index in [0.29, 0.717) is 16.9 Å². The van der Waals surface area contributed by atoms with Crippen LogP contribution in [-0.4, -0.2) is 30.4 Å². The monoisotopic (exact) mass is 334 g/mol. The van der Waals surface area contributed by atoms with Gasteiger partial charge in [-0.05, 0) is 29.8 Å². The van der Waals surface area contributed by atoms with E-state index in [0.717, 1.165) is 5.69 Å². The van der Waals surface area contributed by atoms with Crippen molar-refractivity contribution >= 4 is 23.1 Å². The lowest BCUT2D eigenvalue weighted by Crippen LogP contribution is -2.32. The molecule has 2 aromatic rings. The smallest absolute Gasteiger partial charge is 0.278 e. The van der Waals surface area contributed by atoms with Gasteiger partial charge in [0, 0.05) is 12.2 Å². The second-order valence-electron chi connectivity index (χ2n) is 5.48. The Morgan fingerprint density at radius 3 is 2.32 bits per heavy atom. The minimum atomic E-state index is -0.362. The number of ether oxygens (including phenoxy) is 1. The number of benzene rings is 2. The highest BCUT2D eigenvalue weighted by Crippen LogP contribution is 2.31. The Labute approximate surface area is 146 Å². The van der Waals surface area contributed by atoms with Crippen LogP contribution < -0.4 is 10.1 Å². The maximum absolute atomic E-state index is 12.8. The number of hydrogen-bond acceptors (Lipinski definition) is 4. The van der Waals surface area contributed by atoms with Gasteiger partial charge in [0.1, 0.15) is 11.4 Å². The van der Waals surface area contributed by atoms with Crippen molar-refractivity contribution in [1.82, 2.24) is 4.90 Å². The zero-order valence-corrected chi connectivity index (χ0v) is 13.9. The van der Waals surface area contributed by atoms with Crippen LogP contribution in [0.15, 0.2) is 72.9 Å². The molecule has 0 aromatic heterocycles. The molecule has 0 bridgehead atoms. The lowest BCUT2D eigenvalue weighted by Gasteiger charge is -2.12. The van der Waals surface area contributed by atoms with Crippen LogP contribution in [0.5, 0.6) is 5.75 Å². The Kier molecular flexibility index (Phi) is 4.66. The zero-order valence-electron chi connectivity index (χ0n) is 13.9. The highest BCUT2D eigenvalue weighted by Gasteiger charge is 2.38. The van der Waals surface area contributed by atoms with Crippen molar-refractivity contribution in [2.24, 2.45) is 0 Å². The van der Waals surface area contributed by atoms with Crippen LogP contribution >= 0.6 is 0 Å². The predicted octanol–water partition coefficient (Wildman–Crippen LogP) is 3.07. The molecule has 2 amide bonds. The fraction of sp³-hybridized carbons (Fsp3) is 0.100. The average molecular weight is 334 g/mol. The van der Waals surface area contributed by atoms with Gasteiger partial charge in [-0.15, -0.1) is 6.58 Å². The summed E-state index contributed by atoms with van der Waals surface area (Å²) < 4.78 is 5.15. The van der Waals surface area contributed by atoms with Gasteiger partial charge in [0.05, 0.1) is 12.7 Å². The number of imide groups is 1. The van der Waals surface area contributed by atoms with Gasteiger partial charge in [-0.2, -0.15) is 0 Å². The van der Waals surface area contributed by atoms with Gasteiger partial charge in [0.15, 0.2) is 0 Å². The molecule has 126 valence electrons. The number of rotatable bonds is 6. The molecule has 1 heterocycles. The van der Waals surface area contributed by atoms with Gasteiger partial charge in [0.25, 0.3) is 11.8 Å². The molecule has 0 unspecified atom stereocenters. The molecule has 5 nitrogen and oxygen atoms in total. The van der Waals surface area contributed by atoms with Crippen molar-refractivity contribution in [2.45, 2.75) is 0 Å². The summed E-state index contributed by atoms with van der Waals surface area (Å²) in [7, 11) is 1.58. The fourth-order valence-corrected chi connectivity index (χ4v) is 2.68. The molecule has 0 saturated heterocycles. The van der Waals surface area contributed by atoms with Gasteiger partial charge in [0.2, 0.25) is 0 Å². The van der Waals surface area contributed by atoms with Crippen LogP contribution in [0.2, 0.25) is 0 Å². The van der Waals surface area contributed by atoms with E-state index in [-0.39, 0.29) is 24.1 Å². The molecule has 0 atom stereocenters. The minimum absolute atomic E-state index is 0.164. The molecule has 1 N–H and O–H groups in total. The quantitative estimate of drug-likeness (QED) is 0.651. The van der Waals surface area contributed by atoms with E-state index in [4.69, 9.17) is 4.74 Å². The number of carbonyl (C=O) groups excluding carboxylic acids is 2. The standard InChI is InChI=1S/C20H18N2O3/c1-3-13-22-19(23)17(14-9-11-16(25-2)12-10-14)18(20(22)24)21-15-7-5-4-6-8-15/h3-12,21H,1,13H2,2H3. The van der Waals surface area contributed by atoms with Crippen molar-refractivity contribution in [3.63, 3.8) is 0 Å². The highest BCUT2D eigenvalue weighted by atomic mass is 16.5. The largest absolute Gasteiger partial charge is 0.497 e. The van der Waals surface area contributed by atoms with Crippen LogP contribution in [0, 0.1) is 0 Å². The molecule has 1 aliphatic heterocycles. The first-order valence-electron chi connectivity index (χ1n) is 7.83. The van der Waals surface area contributed by atoms with Crippen LogP contribution in [0.3, 0.4) is 0 Å². The van der Waals surface area contributed by atoms with E-state index in [1.165, 1.54) is 11.0 Å². The molecule has 3 rings (SSSR count). The fourth-order valence-electron chi connectivity index (χ4n) is 2.68. The minimum Gasteiger partial charge on any atom is -0.497 e. The Hall–Kier alpha value is -3.34. The first kappa shape index (κ1) is 16.5. The third-order valence-electron chi connectivity index (χ3n) is 3.90. The number of hydrogen-bond donors (Lipinski definition) is 1. The van der Waals surface area contributed by atoms with Crippen molar-refractivity contribution in [2.75, 3.05) is 19.0 Å². The molecule has 0 radical (unpaired) electrons. The van der Waals surface area contributed by atoms with Crippen LogP contribution in [0.25, 0.3) is 5.57 Å². The summed E-state index contributed by atoms with van der Waals surface area (Å²) in [6, 6.07) is 16.3. The van der Waals surface area contributed by atoms with Crippen LogP contribution in [0.1, 0.15) is 5.56 Å². The average Bonchev–Trinajstić information content (AvgIpc) is 2.87. The lowest BCUT2D eigenvalue weighted by atomic mass is 10.0. The Bertz CT molecular complexity index is 839. The van der Waals surface area contributed by atoms with Gasteiger partial charge in [-0.1, -0.05) is 36.4 Å². The summed E-state index contributed by atoms with van der Waals surface area (Å²) >= 11 is 0. The summed E-state index contributed by atoms with van der Waals surface area (Å²) in [6.07, 6.45) is 1.53. The third-order valence-corrected chi connectivity index (χ3v) is 3.90. The number of amides is 2. The van der Waals surface area contributed by atoms with Crippen molar-refractivity contribution in [1.29, 1.82) is 0 Å². The Morgan fingerprint density at radius 2 is 1.72 bits per heavy atom. The Morgan fingerprint density at radius 1 is 1.04 bits per heavy atom. The first-order valence-corrected chi connectivity index (χ1v) is 7.83. The SMILES string of the molecule is C=CCN1C(=O)C(Nc2ccccc2)=C(c2ccc(OC)cc2)C1=O. The van der Waals surface area contributed by atoms with E-state index in [2.05, 4.69) is 11.9 Å². The molecule has 25 heavy (non-hydrogen) atoms. The van der Waals surface area contributed by atoms with E-state index in [1.807, 2.05) is 30.3 Å². The van der Waals surface area contributed by atoms with Gasteiger partial charge in [-0.3, -0.25) is 14.5 Å². The second kappa shape index (κ2) is 7.05. The molecule has 2 aromatic carbocycles. The van der Waals surface area contributed by atoms with E-state index in [1.54, 1.807) is 31.4 Å². The van der Waals surface area contributed by atoms with Crippen LogP contribution in [0.4, 0.5) is 5.69 Å². The summed E-state index contributed by atoms with van der Waals surface area (Å²) in [5.41, 5.74) is 2.01. The van der Waals surface area contributed by atoms with Gasteiger partial charge in [-0.25, -0.2) is 0 Å². The third kappa shape index (κ3) is 3.17. The van der Waals surface area contributed by atoms with E-state index in [9.17, 15) is 9.59 Å². The summed E-state index contributed by atoms with van der Waals surface area (Å²) in [4.78, 5) is 26.7. The first-order chi connectivity index (χ1) is 12.2. The van der Waals surface area contributed by atoms with Crippen molar-refractivity contribution in [3.05, 3.63) is 78.5 Å². The summed E-state index contributed by atoms with van der Waals surface area (Å²) in [6.45, 7) is 3.78. The summed E-state index contributed by atoms with van der Waals surface area (Å²) in [5.74, 6) is -0.0188. The summed E-state index contributed by atoms with van der Waals surface area (Å²) in [5, 5.41) is 3.09. The number of para-hydroxylation sites is 1. The van der Waals surface area contributed by atoms with E-state index < -0.39 is 0 Å². The molecule has 0 fully saturated rings. The van der Waals surface area contributed by atoms with Crippen LogP contribution in [-0.2, 0) is 9.59 Å². The number of methoxy groups -OCH3 is 1. The van der Waals surface area contributed by atoms with Gasteiger partial charge >= 0.3 is 0 Å². The molecule has 0 spiro atoms. The number of nitrogens with zero attached hydrogens (tertiary/aromatic N) is 1. The predicted molar refractivity (Wildman–Crippen MR) is 96.9 cm³/mol. The second-order valence-corrected chi connectivity index (χ2v) is 5.48. The number of carbonyl (C=O) groups is 2. The highest BCUT2D eigenvalue weighted by molar-refractivity contribution is 6.36. The van der Waals surface area contributed by atoms with E-state index >= 15 is 0 Å². The molecular weight excluding hydrogens is 316 g/mol. The topological polar surface area (TPSA) is 58.6 Å². The molecule has 1 aliphatic rings. The molecule has 5 heteroatoms. The molecule has 0 saturated carbocycles. The van der Waals surface area contributed by atoms with Crippen molar-refractivity contribution in [3.8, 4) is 5.75 Å². The molecule has 0 aliphatic carbocycles. The maximum Gasteiger partial charge on any atom is 0.278 e. The zero-order chi connectivity index (χ0) is 17.8.